The van der Waals surface area contributed by atoms with Crippen molar-refractivity contribution in [2.75, 3.05) is 34.3 Å². The zero-order chi connectivity index (χ0) is 28.6. The van der Waals surface area contributed by atoms with Crippen LogP contribution in [0.25, 0.3) is 10.9 Å². The van der Waals surface area contributed by atoms with Gasteiger partial charge in [0.1, 0.15) is 17.8 Å². The molecule has 3 aromatic rings. The number of carbonyl (C=O) groups excluding carboxylic acids is 3. The van der Waals surface area contributed by atoms with Crippen molar-refractivity contribution in [2.24, 2.45) is 0 Å². The van der Waals surface area contributed by atoms with E-state index in [-0.39, 0.29) is 34.9 Å². The summed E-state index contributed by atoms with van der Waals surface area (Å²) in [5, 5.41) is 10.7. The Bertz CT molecular complexity index is 1400. The highest BCUT2D eigenvalue weighted by molar-refractivity contribution is 6.44. The maximum absolute atomic E-state index is 13.9. The third-order valence-corrected chi connectivity index (χ3v) is 7.31. The Balaban J connectivity index is 1.68. The third kappa shape index (κ3) is 5.53. The summed E-state index contributed by atoms with van der Waals surface area (Å²) in [4.78, 5) is 44.7. The zero-order valence-electron chi connectivity index (χ0n) is 23.1. The van der Waals surface area contributed by atoms with E-state index in [0.717, 1.165) is 5.56 Å². The van der Waals surface area contributed by atoms with Crippen LogP contribution in [0.5, 0.6) is 5.75 Å². The van der Waals surface area contributed by atoms with Crippen LogP contribution in [0.4, 0.5) is 4.39 Å². The summed E-state index contributed by atoms with van der Waals surface area (Å²) >= 11 is 0. The van der Waals surface area contributed by atoms with Gasteiger partial charge in [0.05, 0.1) is 23.8 Å². The molecule has 1 aliphatic heterocycles. The first-order valence-corrected chi connectivity index (χ1v) is 12.9. The van der Waals surface area contributed by atoms with Crippen LogP contribution in [0.2, 0.25) is 0 Å². The molecule has 0 radical (unpaired) electrons. The van der Waals surface area contributed by atoms with E-state index in [9.17, 15) is 23.9 Å². The van der Waals surface area contributed by atoms with E-state index in [1.54, 1.807) is 36.1 Å². The number of likely N-dealkylation sites (N-methyl/N-ethyl adjacent to an activating group) is 1. The first-order chi connectivity index (χ1) is 18.4. The minimum atomic E-state index is -0.982. The van der Waals surface area contributed by atoms with Gasteiger partial charge in [0.15, 0.2) is 0 Å². The van der Waals surface area contributed by atoms with E-state index >= 15 is 0 Å². The number of amides is 2. The number of benzene rings is 2. The van der Waals surface area contributed by atoms with E-state index in [1.165, 1.54) is 49.0 Å². The van der Waals surface area contributed by atoms with Gasteiger partial charge in [0.2, 0.25) is 0 Å². The summed E-state index contributed by atoms with van der Waals surface area (Å²) in [6, 6.07) is 9.53. The van der Waals surface area contributed by atoms with E-state index in [0.29, 0.717) is 36.3 Å². The number of piperazine rings is 1. The molecule has 208 valence electrons. The summed E-state index contributed by atoms with van der Waals surface area (Å²) < 4.78 is 20.4. The summed E-state index contributed by atoms with van der Waals surface area (Å²) in [6.07, 6.45) is 0.455. The maximum atomic E-state index is 13.9. The number of hydrogen-bond donors (Lipinski definition) is 1. The highest BCUT2D eigenvalue weighted by Gasteiger charge is 2.34. The molecular weight excluding hydrogens is 503 g/mol. The van der Waals surface area contributed by atoms with Gasteiger partial charge < -0.3 is 24.2 Å². The molecule has 0 aliphatic carbocycles. The molecule has 1 aromatic heterocycles. The van der Waals surface area contributed by atoms with E-state index in [1.807, 2.05) is 13.8 Å². The van der Waals surface area contributed by atoms with Crippen LogP contribution >= 0.6 is 0 Å². The minimum absolute atomic E-state index is 0.0381. The molecule has 0 bridgehead atoms. The smallest absolute Gasteiger partial charge is 0.294 e. The molecule has 2 heterocycles. The van der Waals surface area contributed by atoms with Crippen molar-refractivity contribution in [1.29, 1.82) is 0 Å². The lowest BCUT2D eigenvalue weighted by atomic mass is 10.0. The zero-order valence-corrected chi connectivity index (χ0v) is 23.1. The molecule has 1 unspecified atom stereocenters. The predicted molar refractivity (Wildman–Crippen MR) is 145 cm³/mol. The molecule has 39 heavy (non-hydrogen) atoms. The highest BCUT2D eigenvalue weighted by Crippen LogP contribution is 2.33. The quantitative estimate of drug-likeness (QED) is 0.367. The number of aliphatic hydroxyl groups excluding tert-OH is 1. The molecule has 1 saturated heterocycles. The average Bonchev–Trinajstić information content (AvgIpc) is 3.28. The summed E-state index contributed by atoms with van der Waals surface area (Å²) in [6.45, 7) is 7.28. The fourth-order valence-electron chi connectivity index (χ4n) is 5.10. The molecule has 2 aromatic carbocycles. The normalized spacial score (nSPS) is 18.7. The van der Waals surface area contributed by atoms with Crippen molar-refractivity contribution in [3.8, 4) is 5.75 Å². The van der Waals surface area contributed by atoms with Crippen LogP contribution < -0.4 is 4.74 Å². The number of carbonyl (C=O) groups is 3. The summed E-state index contributed by atoms with van der Waals surface area (Å²) in [5.41, 5.74) is 1.84. The van der Waals surface area contributed by atoms with Gasteiger partial charge in [-0.25, -0.2) is 4.39 Å². The highest BCUT2D eigenvalue weighted by atomic mass is 19.1. The van der Waals surface area contributed by atoms with Crippen LogP contribution in [0, 0.1) is 5.82 Å². The van der Waals surface area contributed by atoms with Crippen LogP contribution in [-0.4, -0.2) is 88.3 Å². The number of hydrogen-bond acceptors (Lipinski definition) is 6. The number of methoxy groups -OCH3 is 1. The number of aliphatic hydroxyl groups is 1. The number of Topliss-reactive ketones (excluding diaryl/α,β-unsaturated/α-hetero) is 1. The number of nitrogens with zero attached hydrogens (tertiary/aromatic N) is 4. The van der Waals surface area contributed by atoms with Crippen molar-refractivity contribution in [3.05, 3.63) is 65.1 Å². The van der Waals surface area contributed by atoms with Gasteiger partial charge in [-0.05, 0) is 44.5 Å². The standard InChI is InChI=1S/C29H35FN4O5/c1-17-14-33(18(2)13-32(17)15-20-7-9-21(30)10-8-20)28(37)23-11-22-24(27(36)29(38)31(4)5)16-34(19(3)35)25(22)12-26(23)39-6/h7-12,16-19,35H,13-15H2,1-6H3/t17-,18+,19?/m0/s1. The van der Waals surface area contributed by atoms with Crippen molar-refractivity contribution < 1.29 is 28.6 Å². The number of halogens is 1. The molecule has 3 atom stereocenters. The van der Waals surface area contributed by atoms with E-state index < -0.39 is 17.9 Å². The second-order valence-electron chi connectivity index (χ2n) is 10.4. The van der Waals surface area contributed by atoms with Gasteiger partial charge in [-0.2, -0.15) is 0 Å². The number of ketones is 1. The van der Waals surface area contributed by atoms with Crippen LogP contribution in [0.15, 0.2) is 42.6 Å². The van der Waals surface area contributed by atoms with Crippen molar-refractivity contribution in [3.63, 3.8) is 0 Å². The molecule has 1 aliphatic rings. The van der Waals surface area contributed by atoms with Gasteiger partial charge in [0.25, 0.3) is 17.6 Å². The Kier molecular flexibility index (Phi) is 8.08. The van der Waals surface area contributed by atoms with Crippen LogP contribution in [0.3, 0.4) is 0 Å². The SMILES string of the molecule is COc1cc2c(cc1C(=O)N1C[C@H](C)N(Cc3ccc(F)cc3)C[C@H]1C)c(C(=O)C(=O)N(C)C)cn2C(C)O. The molecule has 10 heteroatoms. The number of rotatable bonds is 7. The molecule has 9 nitrogen and oxygen atoms in total. The van der Waals surface area contributed by atoms with Crippen molar-refractivity contribution >= 4 is 28.5 Å². The Morgan fingerprint density at radius 2 is 1.74 bits per heavy atom. The van der Waals surface area contributed by atoms with Gasteiger partial charge >= 0.3 is 0 Å². The molecule has 0 saturated carbocycles. The maximum Gasteiger partial charge on any atom is 0.294 e. The topological polar surface area (TPSA) is 95.3 Å². The first kappa shape index (κ1) is 28.3. The molecule has 4 rings (SSSR count). The van der Waals surface area contributed by atoms with E-state index in [4.69, 9.17) is 4.74 Å². The Morgan fingerprint density at radius 3 is 2.33 bits per heavy atom. The summed E-state index contributed by atoms with van der Waals surface area (Å²) in [5.74, 6) is -1.66. The van der Waals surface area contributed by atoms with Gasteiger partial charge in [0, 0.05) is 63.5 Å². The van der Waals surface area contributed by atoms with Crippen molar-refractivity contribution in [2.45, 2.75) is 45.6 Å². The molecular formula is C29H35FN4O5. The average molecular weight is 539 g/mol. The lowest BCUT2D eigenvalue weighted by Crippen LogP contribution is -2.57. The summed E-state index contributed by atoms with van der Waals surface area (Å²) in [7, 11) is 4.44. The first-order valence-electron chi connectivity index (χ1n) is 12.9. The molecule has 1 fully saturated rings. The second-order valence-corrected chi connectivity index (χ2v) is 10.4. The molecule has 2 amide bonds. The monoisotopic (exact) mass is 538 g/mol. The van der Waals surface area contributed by atoms with Crippen LogP contribution in [0.1, 0.15) is 53.3 Å². The Morgan fingerprint density at radius 1 is 1.08 bits per heavy atom. The third-order valence-electron chi connectivity index (χ3n) is 7.31. The minimum Gasteiger partial charge on any atom is -0.496 e. The largest absolute Gasteiger partial charge is 0.496 e. The van der Waals surface area contributed by atoms with Gasteiger partial charge in [-0.1, -0.05) is 12.1 Å². The molecule has 0 spiro atoms. The Labute approximate surface area is 227 Å². The van der Waals surface area contributed by atoms with Gasteiger partial charge in [-0.3, -0.25) is 19.3 Å². The van der Waals surface area contributed by atoms with E-state index in [2.05, 4.69) is 4.90 Å². The number of ether oxygens (including phenoxy) is 1. The van der Waals surface area contributed by atoms with Crippen molar-refractivity contribution in [1.82, 2.24) is 19.3 Å². The number of fused-ring (bicyclic) bond motifs is 1. The lowest BCUT2D eigenvalue weighted by molar-refractivity contribution is -0.124. The lowest BCUT2D eigenvalue weighted by Gasteiger charge is -2.44. The predicted octanol–water partition coefficient (Wildman–Crippen LogP) is 3.31. The van der Waals surface area contributed by atoms with Gasteiger partial charge in [-0.15, -0.1) is 0 Å². The fourth-order valence-corrected chi connectivity index (χ4v) is 5.10. The number of aromatic nitrogens is 1. The van der Waals surface area contributed by atoms with Crippen LogP contribution in [-0.2, 0) is 11.3 Å². The fraction of sp³-hybridized carbons (Fsp3) is 0.414. The second kappa shape index (κ2) is 11.2. The molecule has 1 N–H and O–H groups in total. The Hall–Kier alpha value is -3.76.